The normalized spacial score (nSPS) is 18.4. The second-order valence-electron chi connectivity index (χ2n) is 6.56. The van der Waals surface area contributed by atoms with E-state index in [2.05, 4.69) is 10.3 Å². The Balaban J connectivity index is 1.60. The molecule has 1 aromatic heterocycles. The van der Waals surface area contributed by atoms with Gasteiger partial charge in [-0.25, -0.2) is 13.4 Å². The number of carbonyl (C=O) groups excluding carboxylic acids is 1. The number of amides is 1. The van der Waals surface area contributed by atoms with Crippen LogP contribution in [0.2, 0.25) is 0 Å². The van der Waals surface area contributed by atoms with Crippen LogP contribution in [0.4, 0.5) is 5.82 Å². The third kappa shape index (κ3) is 4.60. The van der Waals surface area contributed by atoms with E-state index in [-0.39, 0.29) is 23.5 Å². The Morgan fingerprint density at radius 2 is 2.04 bits per heavy atom. The number of nitrogens with one attached hydrogen (secondary N) is 1. The van der Waals surface area contributed by atoms with E-state index >= 15 is 0 Å². The summed E-state index contributed by atoms with van der Waals surface area (Å²) in [6.07, 6.45) is 2.94. The molecule has 0 radical (unpaired) electrons. The van der Waals surface area contributed by atoms with Crippen molar-refractivity contribution in [1.29, 1.82) is 0 Å². The van der Waals surface area contributed by atoms with Gasteiger partial charge in [0, 0.05) is 31.4 Å². The Morgan fingerprint density at radius 1 is 1.27 bits per heavy atom. The number of nitrogens with zero attached hydrogens (tertiary/aromatic N) is 2. The van der Waals surface area contributed by atoms with E-state index in [1.807, 2.05) is 42.3 Å². The maximum absolute atomic E-state index is 12.4. The number of hydrogen-bond donors (Lipinski definition) is 1. The van der Waals surface area contributed by atoms with Crippen molar-refractivity contribution in [2.75, 3.05) is 30.0 Å². The zero-order valence-electron chi connectivity index (χ0n) is 14.8. The van der Waals surface area contributed by atoms with Gasteiger partial charge in [-0.3, -0.25) is 4.79 Å². The molecule has 1 aliphatic rings. The van der Waals surface area contributed by atoms with Crippen LogP contribution in [0.3, 0.4) is 0 Å². The van der Waals surface area contributed by atoms with Gasteiger partial charge in [0.15, 0.2) is 9.84 Å². The Morgan fingerprint density at radius 3 is 2.73 bits per heavy atom. The maximum atomic E-state index is 12.4. The van der Waals surface area contributed by atoms with Gasteiger partial charge in [0.25, 0.3) is 5.91 Å². The fourth-order valence-electron chi connectivity index (χ4n) is 3.09. The molecule has 7 heteroatoms. The summed E-state index contributed by atoms with van der Waals surface area (Å²) in [6.45, 7) is 0.553. The Hall–Kier alpha value is -2.41. The van der Waals surface area contributed by atoms with Gasteiger partial charge in [-0.2, -0.15) is 0 Å². The van der Waals surface area contributed by atoms with Crippen LogP contribution in [0.1, 0.15) is 22.3 Å². The molecule has 1 unspecified atom stereocenters. The van der Waals surface area contributed by atoms with E-state index < -0.39 is 9.84 Å². The first-order valence-corrected chi connectivity index (χ1v) is 10.5. The van der Waals surface area contributed by atoms with E-state index in [1.165, 1.54) is 5.56 Å². The highest BCUT2D eigenvalue weighted by atomic mass is 32.2. The van der Waals surface area contributed by atoms with Crippen LogP contribution in [0.25, 0.3) is 0 Å². The van der Waals surface area contributed by atoms with Crippen molar-refractivity contribution in [3.63, 3.8) is 0 Å². The summed E-state index contributed by atoms with van der Waals surface area (Å²) >= 11 is 0. The summed E-state index contributed by atoms with van der Waals surface area (Å²) in [4.78, 5) is 18.5. The third-order valence-corrected chi connectivity index (χ3v) is 6.42. The van der Waals surface area contributed by atoms with Gasteiger partial charge in [0.2, 0.25) is 0 Å². The molecule has 1 atom stereocenters. The lowest BCUT2D eigenvalue weighted by atomic mass is 10.1. The van der Waals surface area contributed by atoms with E-state index in [0.29, 0.717) is 24.3 Å². The molecule has 1 fully saturated rings. The number of sulfone groups is 1. The molecule has 138 valence electrons. The van der Waals surface area contributed by atoms with Gasteiger partial charge in [-0.05, 0) is 30.5 Å². The van der Waals surface area contributed by atoms with Gasteiger partial charge in [-0.15, -0.1) is 0 Å². The largest absolute Gasteiger partial charge is 0.356 e. The molecule has 0 bridgehead atoms. The Bertz CT molecular complexity index is 869. The molecule has 1 aliphatic heterocycles. The number of anilines is 1. The van der Waals surface area contributed by atoms with Gasteiger partial charge in [0.1, 0.15) is 5.82 Å². The SMILES string of the molecule is CN(c1cc(C(=O)NCCc2ccccc2)ccn1)C1CCS(=O)(=O)C1. The van der Waals surface area contributed by atoms with Crippen LogP contribution in [0.5, 0.6) is 0 Å². The second kappa shape index (κ2) is 7.86. The molecule has 1 amide bonds. The monoisotopic (exact) mass is 373 g/mol. The van der Waals surface area contributed by atoms with Crippen molar-refractivity contribution >= 4 is 21.6 Å². The second-order valence-corrected chi connectivity index (χ2v) is 8.79. The highest BCUT2D eigenvalue weighted by Crippen LogP contribution is 2.21. The summed E-state index contributed by atoms with van der Waals surface area (Å²) in [5.41, 5.74) is 1.70. The molecule has 3 rings (SSSR count). The average molecular weight is 373 g/mol. The zero-order chi connectivity index (χ0) is 18.6. The van der Waals surface area contributed by atoms with Gasteiger partial charge in [-0.1, -0.05) is 30.3 Å². The minimum Gasteiger partial charge on any atom is -0.356 e. The molecule has 2 aromatic rings. The molecule has 0 spiro atoms. The molecule has 1 N–H and O–H groups in total. The van der Waals surface area contributed by atoms with E-state index in [9.17, 15) is 13.2 Å². The van der Waals surface area contributed by atoms with Gasteiger partial charge in [0.05, 0.1) is 11.5 Å². The lowest BCUT2D eigenvalue weighted by molar-refractivity contribution is 0.0954. The number of rotatable bonds is 6. The minimum absolute atomic E-state index is 0.0936. The lowest BCUT2D eigenvalue weighted by Gasteiger charge is -2.24. The topological polar surface area (TPSA) is 79.4 Å². The number of benzene rings is 1. The minimum atomic E-state index is -2.96. The first-order valence-electron chi connectivity index (χ1n) is 8.66. The molecule has 0 aliphatic carbocycles. The van der Waals surface area contributed by atoms with E-state index in [4.69, 9.17) is 0 Å². The first-order chi connectivity index (χ1) is 12.4. The van der Waals surface area contributed by atoms with Crippen LogP contribution in [-0.2, 0) is 16.3 Å². The Kier molecular flexibility index (Phi) is 5.56. The van der Waals surface area contributed by atoms with Crippen LogP contribution < -0.4 is 10.2 Å². The van der Waals surface area contributed by atoms with Crippen LogP contribution >= 0.6 is 0 Å². The molecular formula is C19H23N3O3S. The predicted octanol–water partition coefficient (Wildman–Crippen LogP) is 1.68. The summed E-state index contributed by atoms with van der Waals surface area (Å²) < 4.78 is 23.4. The lowest BCUT2D eigenvalue weighted by Crippen LogP contribution is -2.33. The predicted molar refractivity (Wildman–Crippen MR) is 102 cm³/mol. The van der Waals surface area contributed by atoms with Crippen molar-refractivity contribution < 1.29 is 13.2 Å². The van der Waals surface area contributed by atoms with Gasteiger partial charge < -0.3 is 10.2 Å². The van der Waals surface area contributed by atoms with E-state index in [0.717, 1.165) is 6.42 Å². The summed E-state index contributed by atoms with van der Waals surface area (Å²) in [5, 5.41) is 2.92. The zero-order valence-corrected chi connectivity index (χ0v) is 15.6. The maximum Gasteiger partial charge on any atom is 0.251 e. The Labute approximate surface area is 154 Å². The molecule has 1 saturated heterocycles. The molecule has 0 saturated carbocycles. The highest BCUT2D eigenvalue weighted by Gasteiger charge is 2.31. The molecular weight excluding hydrogens is 350 g/mol. The molecule has 2 heterocycles. The van der Waals surface area contributed by atoms with E-state index in [1.54, 1.807) is 18.3 Å². The third-order valence-electron chi connectivity index (χ3n) is 4.67. The molecule has 1 aromatic carbocycles. The molecule has 6 nitrogen and oxygen atoms in total. The fraction of sp³-hybridized carbons (Fsp3) is 0.368. The summed E-state index contributed by atoms with van der Waals surface area (Å²) in [7, 11) is -1.14. The van der Waals surface area contributed by atoms with Crippen LogP contribution in [0.15, 0.2) is 48.7 Å². The van der Waals surface area contributed by atoms with Crippen LogP contribution in [0, 0.1) is 0 Å². The highest BCUT2D eigenvalue weighted by molar-refractivity contribution is 7.91. The van der Waals surface area contributed by atoms with Crippen molar-refractivity contribution in [3.05, 3.63) is 59.8 Å². The standard InChI is InChI=1S/C19H23N3O3S/c1-22(17-9-12-26(24,25)14-17)18-13-16(8-11-20-18)19(23)21-10-7-15-5-3-2-4-6-15/h2-6,8,11,13,17H,7,9-10,12,14H2,1H3,(H,21,23). The first kappa shape index (κ1) is 18.4. The van der Waals surface area contributed by atoms with Gasteiger partial charge >= 0.3 is 0 Å². The number of pyridine rings is 1. The van der Waals surface area contributed by atoms with Crippen LogP contribution in [-0.4, -0.2) is 50.4 Å². The van der Waals surface area contributed by atoms with Crippen molar-refractivity contribution in [3.8, 4) is 0 Å². The summed E-state index contributed by atoms with van der Waals surface area (Å²) in [6, 6.07) is 13.3. The molecule has 26 heavy (non-hydrogen) atoms. The average Bonchev–Trinajstić information content (AvgIpc) is 3.02. The number of hydrogen-bond acceptors (Lipinski definition) is 5. The fourth-order valence-corrected chi connectivity index (χ4v) is 4.86. The smallest absolute Gasteiger partial charge is 0.251 e. The quantitative estimate of drug-likeness (QED) is 0.833. The summed E-state index contributed by atoms with van der Waals surface area (Å²) in [5.74, 6) is 0.806. The van der Waals surface area contributed by atoms with Crippen molar-refractivity contribution in [1.82, 2.24) is 10.3 Å². The van der Waals surface area contributed by atoms with Crippen molar-refractivity contribution in [2.45, 2.75) is 18.9 Å². The number of carbonyl (C=O) groups is 1. The van der Waals surface area contributed by atoms with Crippen molar-refractivity contribution in [2.24, 2.45) is 0 Å². The number of aromatic nitrogens is 1.